The number of nitrogens with one attached hydrogen (secondary N) is 1. The van der Waals surface area contributed by atoms with Gasteiger partial charge >= 0.3 is 6.18 Å². The van der Waals surface area contributed by atoms with Crippen LogP contribution in [0.2, 0.25) is 0 Å². The van der Waals surface area contributed by atoms with E-state index in [1.165, 1.54) is 18.2 Å². The summed E-state index contributed by atoms with van der Waals surface area (Å²) in [5.41, 5.74) is 0.575. The number of benzene rings is 2. The quantitative estimate of drug-likeness (QED) is 0.510. The second-order valence-corrected chi connectivity index (χ2v) is 5.59. The Kier molecular flexibility index (Phi) is 4.86. The van der Waals surface area contributed by atoms with Crippen LogP contribution >= 0.6 is 0 Å². The molecule has 129 valence electrons. The Balaban J connectivity index is 0.00000210. The van der Waals surface area contributed by atoms with Crippen molar-refractivity contribution in [1.82, 2.24) is 9.97 Å². The van der Waals surface area contributed by atoms with Crippen LogP contribution < -0.4 is 5.43 Å². The number of hydrogen-bond donors (Lipinski definition) is 1. The van der Waals surface area contributed by atoms with Crippen LogP contribution in [-0.4, -0.2) is 39.5 Å². The summed E-state index contributed by atoms with van der Waals surface area (Å²) in [4.78, 5) is 18.1. The fourth-order valence-corrected chi connectivity index (χ4v) is 2.67. The second-order valence-electron chi connectivity index (χ2n) is 5.59. The van der Waals surface area contributed by atoms with Gasteiger partial charge in [0.15, 0.2) is 11.0 Å². The fraction of sp³-hybridized carbons (Fsp3) is 0.0556. The number of nitriles is 1. The molecule has 0 saturated carbocycles. The van der Waals surface area contributed by atoms with E-state index in [2.05, 4.69) is 9.97 Å². The van der Waals surface area contributed by atoms with E-state index in [1.807, 2.05) is 6.07 Å². The van der Waals surface area contributed by atoms with Crippen LogP contribution in [0.5, 0.6) is 0 Å². The third-order valence-electron chi connectivity index (χ3n) is 3.91. The molecule has 2 aromatic carbocycles. The molecule has 4 aromatic rings. The van der Waals surface area contributed by atoms with Gasteiger partial charge in [0.1, 0.15) is 11.3 Å². The summed E-state index contributed by atoms with van der Waals surface area (Å²) in [6, 6.07) is 12.3. The Morgan fingerprint density at radius 2 is 1.81 bits per heavy atom. The first-order valence-electron chi connectivity index (χ1n) is 7.41. The number of aromatic nitrogens is 2. The number of fused-ring (bicyclic) bond motifs is 3. The molecule has 0 saturated heterocycles. The summed E-state index contributed by atoms with van der Waals surface area (Å²) in [7, 11) is 0. The predicted octanol–water partition coefficient (Wildman–Crippen LogP) is 3.85. The van der Waals surface area contributed by atoms with E-state index >= 15 is 0 Å². The number of imidazole rings is 1. The summed E-state index contributed by atoms with van der Waals surface area (Å²) in [5, 5.41) is 8.98. The van der Waals surface area contributed by atoms with Gasteiger partial charge in [-0.05, 0) is 36.4 Å². The van der Waals surface area contributed by atoms with Gasteiger partial charge in [0, 0.05) is 41.2 Å². The zero-order chi connectivity index (χ0) is 18.5. The van der Waals surface area contributed by atoms with Crippen LogP contribution in [-0.2, 0) is 6.18 Å². The smallest absolute Gasteiger partial charge is 0.449 e. The van der Waals surface area contributed by atoms with Crippen molar-refractivity contribution >= 4 is 51.6 Å². The molecule has 9 heteroatoms. The molecule has 0 unspecified atom stereocenters. The molecular weight excluding hydrogens is 370 g/mol. The van der Waals surface area contributed by atoms with E-state index in [9.17, 15) is 18.0 Å². The maximum absolute atomic E-state index is 12.9. The fourth-order valence-electron chi connectivity index (χ4n) is 2.67. The first-order chi connectivity index (χ1) is 12.4. The summed E-state index contributed by atoms with van der Waals surface area (Å²) in [6.45, 7) is 0. The minimum Gasteiger partial charge on any atom is -0.453 e. The molecular formula is C18H8F3N3NaO2. The van der Waals surface area contributed by atoms with Crippen molar-refractivity contribution in [2.75, 3.05) is 0 Å². The monoisotopic (exact) mass is 378 g/mol. The molecule has 2 heterocycles. The van der Waals surface area contributed by atoms with E-state index in [4.69, 9.17) is 9.68 Å². The van der Waals surface area contributed by atoms with Crippen molar-refractivity contribution in [3.8, 4) is 17.4 Å². The topological polar surface area (TPSA) is 82.7 Å². The summed E-state index contributed by atoms with van der Waals surface area (Å²) in [6.07, 6.45) is -4.64. The van der Waals surface area contributed by atoms with Crippen molar-refractivity contribution in [1.29, 1.82) is 5.26 Å². The number of H-pyrrole nitrogens is 1. The number of nitrogens with zero attached hydrogens (tertiary/aromatic N) is 2. The predicted molar refractivity (Wildman–Crippen MR) is 93.0 cm³/mol. The van der Waals surface area contributed by atoms with Gasteiger partial charge in [-0.1, -0.05) is 0 Å². The van der Waals surface area contributed by atoms with Gasteiger partial charge in [-0.2, -0.15) is 18.4 Å². The zero-order valence-corrected chi connectivity index (χ0v) is 15.9. The van der Waals surface area contributed by atoms with Crippen LogP contribution in [0.25, 0.3) is 33.3 Å². The van der Waals surface area contributed by atoms with E-state index in [0.29, 0.717) is 11.1 Å². The van der Waals surface area contributed by atoms with E-state index in [0.717, 1.165) is 0 Å². The molecule has 0 bridgehead atoms. The minimum atomic E-state index is -4.64. The molecule has 2 aromatic heterocycles. The Hall–Kier alpha value is -2.60. The van der Waals surface area contributed by atoms with Gasteiger partial charge in [0.2, 0.25) is 5.82 Å². The van der Waals surface area contributed by atoms with E-state index in [-0.39, 0.29) is 57.3 Å². The Morgan fingerprint density at radius 3 is 2.44 bits per heavy atom. The molecule has 0 aliphatic carbocycles. The van der Waals surface area contributed by atoms with E-state index in [1.54, 1.807) is 24.3 Å². The van der Waals surface area contributed by atoms with Gasteiger partial charge in [-0.15, -0.1) is 0 Å². The van der Waals surface area contributed by atoms with Crippen LogP contribution in [0.1, 0.15) is 11.4 Å². The van der Waals surface area contributed by atoms with Crippen molar-refractivity contribution in [2.24, 2.45) is 0 Å². The molecule has 0 fully saturated rings. The van der Waals surface area contributed by atoms with Crippen molar-refractivity contribution < 1.29 is 17.6 Å². The van der Waals surface area contributed by atoms with Gasteiger partial charge in [0.05, 0.1) is 22.5 Å². The second kappa shape index (κ2) is 6.85. The molecule has 0 aliphatic rings. The van der Waals surface area contributed by atoms with Gasteiger partial charge in [0.25, 0.3) is 0 Å². The molecule has 5 nitrogen and oxygen atoms in total. The number of alkyl halides is 3. The Bertz CT molecular complexity index is 1250. The number of aromatic amines is 1. The molecule has 0 atom stereocenters. The largest absolute Gasteiger partial charge is 0.453 e. The first-order valence-corrected chi connectivity index (χ1v) is 7.41. The van der Waals surface area contributed by atoms with Gasteiger partial charge in [-0.3, -0.25) is 4.79 Å². The maximum Gasteiger partial charge on any atom is 0.449 e. The van der Waals surface area contributed by atoms with Crippen molar-refractivity contribution in [3.05, 3.63) is 64.1 Å². The van der Waals surface area contributed by atoms with Crippen LogP contribution in [0.4, 0.5) is 13.2 Å². The summed E-state index contributed by atoms with van der Waals surface area (Å²) >= 11 is 0. The molecule has 1 radical (unpaired) electrons. The SMILES string of the molecule is N#Cc1ccc(-c2cc(=O)c3ccc4[nH]c(C(F)(F)F)nc4c3o2)cc1.[Na]. The first kappa shape index (κ1) is 19.2. The van der Waals surface area contributed by atoms with E-state index < -0.39 is 17.4 Å². The number of rotatable bonds is 1. The average Bonchev–Trinajstić information content (AvgIpc) is 3.07. The summed E-state index contributed by atoms with van der Waals surface area (Å²) < 4.78 is 44.4. The average molecular weight is 378 g/mol. The van der Waals surface area contributed by atoms with Crippen LogP contribution in [0.3, 0.4) is 0 Å². The third kappa shape index (κ3) is 3.37. The Morgan fingerprint density at radius 1 is 1.11 bits per heavy atom. The minimum absolute atomic E-state index is 0. The molecule has 0 spiro atoms. The van der Waals surface area contributed by atoms with Gasteiger partial charge in [-0.25, -0.2) is 4.98 Å². The zero-order valence-electron chi connectivity index (χ0n) is 13.9. The van der Waals surface area contributed by atoms with Crippen molar-refractivity contribution in [3.63, 3.8) is 0 Å². The normalized spacial score (nSPS) is 11.3. The number of hydrogen-bond acceptors (Lipinski definition) is 4. The summed E-state index contributed by atoms with van der Waals surface area (Å²) in [5.74, 6) is -0.984. The molecule has 27 heavy (non-hydrogen) atoms. The molecule has 0 amide bonds. The standard InChI is InChI=1S/C18H8F3N3O2.Na/c19-18(20,21)17-23-12-6-5-11-13(25)7-14(26-16(11)15(12)24-17)10-3-1-9(8-22)2-4-10;/h1-7H,(H,23,24);. The maximum atomic E-state index is 12.9. The molecule has 4 rings (SSSR count). The third-order valence-corrected chi connectivity index (χ3v) is 3.91. The number of halogens is 3. The van der Waals surface area contributed by atoms with Gasteiger partial charge < -0.3 is 9.40 Å². The molecule has 0 aliphatic heterocycles. The van der Waals surface area contributed by atoms with Crippen molar-refractivity contribution in [2.45, 2.75) is 6.18 Å². The molecule has 1 N–H and O–H groups in total. The van der Waals surface area contributed by atoms with Crippen LogP contribution in [0.15, 0.2) is 51.7 Å². The Labute approximate surface area is 171 Å². The van der Waals surface area contributed by atoms with Crippen LogP contribution in [0, 0.1) is 11.3 Å².